The van der Waals surface area contributed by atoms with Crippen LogP contribution < -0.4 is 21.8 Å². The molecule has 2 aromatic heterocycles. The van der Waals surface area contributed by atoms with E-state index in [1.165, 1.54) is 6.20 Å². The van der Waals surface area contributed by atoms with Crippen LogP contribution in [0.1, 0.15) is 34.5 Å². The number of amides is 1. The van der Waals surface area contributed by atoms with Crippen molar-refractivity contribution in [2.24, 2.45) is 0 Å². The molecule has 0 aliphatic rings. The number of rotatable bonds is 12. The molecule has 17 heteroatoms. The molecule has 1 amide bonds. The van der Waals surface area contributed by atoms with E-state index in [9.17, 15) is 29.5 Å². The Labute approximate surface area is 258 Å². The number of carbonyl (C=O) groups excluding carboxylic acids is 1. The Morgan fingerprint density at radius 2 is 1.60 bits per heavy atom. The van der Waals surface area contributed by atoms with Crippen LogP contribution in [0.2, 0.25) is 0 Å². The summed E-state index contributed by atoms with van der Waals surface area (Å²) in [5.41, 5.74) is 14.7. The number of aliphatic carboxylic acids is 2. The number of anilines is 3. The number of hydrogen-bond donors (Lipinski definition) is 6. The standard InChI is InChI=1S/C26H26BIN8O7/c28-36(19(25(40)41)9-10-20(37)38)24(39)15-3-7-18(8-4-15)35(12-14-1-5-16(6-2-14)27(42)43)13-17-11-31-23-21(32-17)22(29)33-26(30)34-23/h1-8,11,19,42-43H,9-10,12-13H2,(H,37,38)(H,40,41)(H4,29,30,31,33,34). The van der Waals surface area contributed by atoms with Crippen LogP contribution in [-0.2, 0) is 22.7 Å². The van der Waals surface area contributed by atoms with Crippen LogP contribution in [0.5, 0.6) is 0 Å². The molecular formula is C26H26BIN8O7. The number of nitrogens with zero attached hydrogens (tertiary/aromatic N) is 6. The molecule has 2 aromatic carbocycles. The molecule has 0 aliphatic carbocycles. The van der Waals surface area contributed by atoms with Crippen molar-refractivity contribution < 1.29 is 34.6 Å². The monoisotopic (exact) mass is 700 g/mol. The number of halogens is 1. The zero-order chi connectivity index (χ0) is 31.3. The molecule has 0 spiro atoms. The van der Waals surface area contributed by atoms with E-state index in [1.54, 1.807) is 71.4 Å². The second kappa shape index (κ2) is 13.6. The van der Waals surface area contributed by atoms with E-state index in [2.05, 4.69) is 19.9 Å². The summed E-state index contributed by atoms with van der Waals surface area (Å²) in [4.78, 5) is 54.5. The molecule has 1 atom stereocenters. The molecule has 1 unspecified atom stereocenters. The largest absolute Gasteiger partial charge is 0.488 e. The minimum Gasteiger partial charge on any atom is -0.481 e. The highest BCUT2D eigenvalue weighted by Gasteiger charge is 2.29. The van der Waals surface area contributed by atoms with Gasteiger partial charge in [0.2, 0.25) is 5.95 Å². The SMILES string of the molecule is Nc1nc(N)c2nc(CN(Cc3ccc(B(O)O)cc3)c3ccc(C(=O)N(I)C(CCC(=O)O)C(=O)O)cc3)cnc2n1. The quantitative estimate of drug-likeness (QED) is 0.0673. The van der Waals surface area contributed by atoms with Crippen LogP contribution in [0.4, 0.5) is 17.5 Å². The Balaban J connectivity index is 1.62. The fourth-order valence-corrected chi connectivity index (χ4v) is 4.98. The van der Waals surface area contributed by atoms with Crippen LogP contribution in [0.15, 0.2) is 54.7 Å². The molecule has 0 bridgehead atoms. The molecular weight excluding hydrogens is 674 g/mol. The lowest BCUT2D eigenvalue weighted by atomic mass is 9.80. The molecule has 0 fully saturated rings. The van der Waals surface area contributed by atoms with Crippen LogP contribution in [-0.4, -0.2) is 74.3 Å². The molecule has 4 rings (SSSR count). The topological polar surface area (TPSA) is 242 Å². The summed E-state index contributed by atoms with van der Waals surface area (Å²) in [6.07, 6.45) is 0.881. The molecule has 15 nitrogen and oxygen atoms in total. The third kappa shape index (κ3) is 7.82. The van der Waals surface area contributed by atoms with Crippen molar-refractivity contribution in [1.82, 2.24) is 23.0 Å². The lowest BCUT2D eigenvalue weighted by Crippen LogP contribution is -2.38. The predicted octanol–water partition coefficient (Wildman–Crippen LogP) is 0.581. The van der Waals surface area contributed by atoms with Crippen molar-refractivity contribution >= 4 is 81.9 Å². The number of carboxylic acids is 2. The third-order valence-corrected chi connectivity index (χ3v) is 7.48. The maximum atomic E-state index is 13.1. The number of fused-ring (bicyclic) bond motifs is 1. The van der Waals surface area contributed by atoms with Gasteiger partial charge in [0.1, 0.15) is 6.04 Å². The number of hydrogen-bond acceptors (Lipinski definition) is 12. The predicted molar refractivity (Wildman–Crippen MR) is 165 cm³/mol. The number of nitrogens with two attached hydrogens (primary N) is 2. The van der Waals surface area contributed by atoms with Crippen molar-refractivity contribution in [3.8, 4) is 0 Å². The van der Waals surface area contributed by atoms with Gasteiger partial charge in [0.05, 0.1) is 41.3 Å². The number of aromatic nitrogens is 4. The summed E-state index contributed by atoms with van der Waals surface area (Å²) in [6.45, 7) is 0.580. The smallest absolute Gasteiger partial charge is 0.481 e. The molecule has 0 saturated carbocycles. The second-order valence-corrected chi connectivity index (χ2v) is 10.5. The maximum absolute atomic E-state index is 13.1. The van der Waals surface area contributed by atoms with Gasteiger partial charge in [-0.3, -0.25) is 12.7 Å². The minimum absolute atomic E-state index is 0.0265. The van der Waals surface area contributed by atoms with E-state index in [0.717, 1.165) is 8.68 Å². The van der Waals surface area contributed by atoms with Crippen molar-refractivity contribution in [3.63, 3.8) is 0 Å². The molecule has 0 saturated heterocycles. The Morgan fingerprint density at radius 1 is 0.930 bits per heavy atom. The number of carbonyl (C=O) groups is 3. The summed E-state index contributed by atoms with van der Waals surface area (Å²) in [6, 6.07) is 11.8. The van der Waals surface area contributed by atoms with E-state index >= 15 is 0 Å². The maximum Gasteiger partial charge on any atom is 0.488 e. The average molecular weight is 700 g/mol. The summed E-state index contributed by atoms with van der Waals surface area (Å²) in [5, 5.41) is 37.3. The van der Waals surface area contributed by atoms with E-state index in [1.807, 2.05) is 4.90 Å². The minimum atomic E-state index is -1.60. The first-order valence-corrected chi connectivity index (χ1v) is 13.7. The van der Waals surface area contributed by atoms with Crippen molar-refractivity contribution in [2.45, 2.75) is 32.0 Å². The Hall–Kier alpha value is -4.62. The van der Waals surface area contributed by atoms with Gasteiger partial charge in [-0.25, -0.2) is 14.8 Å². The highest BCUT2D eigenvalue weighted by atomic mass is 127. The lowest BCUT2D eigenvalue weighted by Gasteiger charge is -2.26. The van der Waals surface area contributed by atoms with Crippen LogP contribution in [0.3, 0.4) is 0 Å². The van der Waals surface area contributed by atoms with Crippen LogP contribution >= 0.6 is 22.9 Å². The average Bonchev–Trinajstić information content (AvgIpc) is 2.96. The van der Waals surface area contributed by atoms with Gasteiger partial charge in [-0.1, -0.05) is 24.3 Å². The van der Waals surface area contributed by atoms with Gasteiger partial charge in [0.15, 0.2) is 17.0 Å². The number of nitrogen functional groups attached to an aromatic ring is 2. The van der Waals surface area contributed by atoms with Crippen molar-refractivity contribution in [2.75, 3.05) is 16.4 Å². The third-order valence-electron chi connectivity index (χ3n) is 6.37. The molecule has 43 heavy (non-hydrogen) atoms. The van der Waals surface area contributed by atoms with Gasteiger partial charge in [-0.2, -0.15) is 9.97 Å². The van der Waals surface area contributed by atoms with Crippen molar-refractivity contribution in [1.29, 1.82) is 0 Å². The Kier molecular flexibility index (Phi) is 9.89. The highest BCUT2D eigenvalue weighted by molar-refractivity contribution is 14.1. The first kappa shape index (κ1) is 31.3. The molecule has 4 aromatic rings. The highest BCUT2D eigenvalue weighted by Crippen LogP contribution is 2.24. The summed E-state index contributed by atoms with van der Waals surface area (Å²) >= 11 is 1.59. The molecule has 8 N–H and O–H groups in total. The van der Waals surface area contributed by atoms with E-state index < -0.39 is 37.4 Å². The van der Waals surface area contributed by atoms with Gasteiger partial charge in [-0.05, 0) is 41.7 Å². The van der Waals surface area contributed by atoms with Crippen molar-refractivity contribution in [3.05, 3.63) is 71.5 Å². The van der Waals surface area contributed by atoms with E-state index in [-0.39, 0.29) is 41.5 Å². The first-order chi connectivity index (χ1) is 20.4. The van der Waals surface area contributed by atoms with Gasteiger partial charge in [0.25, 0.3) is 5.91 Å². The second-order valence-electron chi connectivity index (χ2n) is 9.42. The molecule has 0 radical (unpaired) electrons. The van der Waals surface area contributed by atoms with Gasteiger partial charge < -0.3 is 36.6 Å². The van der Waals surface area contributed by atoms with Crippen LogP contribution in [0, 0.1) is 0 Å². The Bertz CT molecular complexity index is 1640. The van der Waals surface area contributed by atoms with Crippen LogP contribution in [0.25, 0.3) is 11.2 Å². The summed E-state index contributed by atoms with van der Waals surface area (Å²) in [5.74, 6) is -3.01. The molecule has 222 valence electrons. The first-order valence-electron chi connectivity index (χ1n) is 12.7. The zero-order valence-corrected chi connectivity index (χ0v) is 24.6. The fraction of sp³-hybridized carbons (Fsp3) is 0.192. The number of carboxylic acid groups (broad SMARTS) is 2. The fourth-order valence-electron chi connectivity index (χ4n) is 4.18. The summed E-state index contributed by atoms with van der Waals surface area (Å²) in [7, 11) is -1.60. The summed E-state index contributed by atoms with van der Waals surface area (Å²) < 4.78 is 0.983. The zero-order valence-electron chi connectivity index (χ0n) is 22.4. The van der Waals surface area contributed by atoms with E-state index in [4.69, 9.17) is 16.6 Å². The van der Waals surface area contributed by atoms with E-state index in [0.29, 0.717) is 23.4 Å². The molecule has 0 aliphatic heterocycles. The molecule has 2 heterocycles. The Morgan fingerprint density at radius 3 is 2.21 bits per heavy atom. The lowest BCUT2D eigenvalue weighted by molar-refractivity contribution is -0.141. The van der Waals surface area contributed by atoms with Gasteiger partial charge in [-0.15, -0.1) is 0 Å². The number of benzene rings is 2. The van der Waals surface area contributed by atoms with Gasteiger partial charge >= 0.3 is 19.1 Å². The normalized spacial score (nSPS) is 11.6. The van der Waals surface area contributed by atoms with Gasteiger partial charge in [0, 0.05) is 24.2 Å².